The van der Waals surface area contributed by atoms with Gasteiger partial charge in [-0.05, 0) is 46.6 Å². The van der Waals surface area contributed by atoms with Crippen LogP contribution in [0, 0.1) is 6.92 Å². The predicted octanol–water partition coefficient (Wildman–Crippen LogP) is 3.72. The molecule has 2 N–H and O–H groups in total. The molecule has 0 saturated carbocycles. The van der Waals surface area contributed by atoms with Gasteiger partial charge in [0.1, 0.15) is 18.2 Å². The molecule has 0 fully saturated rings. The Morgan fingerprint density at radius 3 is 2.37 bits per heavy atom. The van der Waals surface area contributed by atoms with E-state index < -0.39 is 17.7 Å². The van der Waals surface area contributed by atoms with Gasteiger partial charge >= 0.3 is 6.09 Å². The molecule has 7 nitrogen and oxygen atoms in total. The second-order valence-corrected chi connectivity index (χ2v) is 8.35. The number of alkyl carbamates (subject to hydrolysis) is 1. The van der Waals surface area contributed by atoms with Crippen LogP contribution in [0.15, 0.2) is 24.3 Å². The maximum absolute atomic E-state index is 13.0. The summed E-state index contributed by atoms with van der Waals surface area (Å²) in [5.74, 6) is -0.567. The van der Waals surface area contributed by atoms with Gasteiger partial charge in [0.2, 0.25) is 11.8 Å². The lowest BCUT2D eigenvalue weighted by atomic mass is 10.0. The van der Waals surface area contributed by atoms with Crippen LogP contribution in [-0.4, -0.2) is 48.0 Å². The van der Waals surface area contributed by atoms with E-state index in [1.807, 2.05) is 38.1 Å². The average molecular weight is 420 g/mol. The Kier molecular flexibility index (Phi) is 10.4. The molecule has 1 rings (SSSR count). The number of aryl methyl sites for hydroxylation is 1. The Morgan fingerprint density at radius 1 is 1.10 bits per heavy atom. The Hall–Kier alpha value is -2.57. The van der Waals surface area contributed by atoms with Gasteiger partial charge in [-0.3, -0.25) is 9.59 Å². The molecule has 0 aromatic heterocycles. The fraction of sp³-hybridized carbons (Fsp3) is 0.609. The first-order valence-electron chi connectivity index (χ1n) is 10.7. The van der Waals surface area contributed by atoms with Gasteiger partial charge in [-0.2, -0.15) is 0 Å². The number of amides is 3. The monoisotopic (exact) mass is 419 g/mol. The SMILES string of the molecule is CCCCCNC(=O)C(c1cccc(C)c1)N(CC)C(=O)CNC(=O)OC(C)(C)C. The quantitative estimate of drug-likeness (QED) is 0.566. The lowest BCUT2D eigenvalue weighted by molar-refractivity contribution is -0.140. The number of unbranched alkanes of at least 4 members (excludes halogenated alkanes) is 2. The molecule has 1 aromatic carbocycles. The Morgan fingerprint density at radius 2 is 1.80 bits per heavy atom. The van der Waals surface area contributed by atoms with E-state index >= 15 is 0 Å². The number of hydrogen-bond acceptors (Lipinski definition) is 4. The highest BCUT2D eigenvalue weighted by molar-refractivity contribution is 5.90. The topological polar surface area (TPSA) is 87.7 Å². The van der Waals surface area contributed by atoms with Crippen LogP contribution in [0.1, 0.15) is 71.0 Å². The number of rotatable bonds is 10. The molecule has 0 aliphatic rings. The highest BCUT2D eigenvalue weighted by Crippen LogP contribution is 2.22. The van der Waals surface area contributed by atoms with Crippen LogP contribution < -0.4 is 10.6 Å². The van der Waals surface area contributed by atoms with Crippen molar-refractivity contribution in [3.63, 3.8) is 0 Å². The molecule has 0 saturated heterocycles. The van der Waals surface area contributed by atoms with Crippen molar-refractivity contribution < 1.29 is 19.1 Å². The maximum atomic E-state index is 13.0. The zero-order valence-electron chi connectivity index (χ0n) is 19.2. The first-order valence-corrected chi connectivity index (χ1v) is 10.7. The number of hydrogen-bond donors (Lipinski definition) is 2. The normalized spacial score (nSPS) is 12.1. The second kappa shape index (κ2) is 12.2. The molecule has 0 heterocycles. The molecule has 0 aliphatic carbocycles. The summed E-state index contributed by atoms with van der Waals surface area (Å²) >= 11 is 0. The van der Waals surface area contributed by atoms with Crippen molar-refractivity contribution in [1.82, 2.24) is 15.5 Å². The third kappa shape index (κ3) is 8.84. The van der Waals surface area contributed by atoms with E-state index in [1.54, 1.807) is 20.8 Å². The summed E-state index contributed by atoms with van der Waals surface area (Å²) in [6.07, 6.45) is 2.32. The third-order valence-corrected chi connectivity index (χ3v) is 4.44. The minimum atomic E-state index is -0.760. The minimum Gasteiger partial charge on any atom is -0.444 e. The molecule has 0 aliphatic heterocycles. The van der Waals surface area contributed by atoms with Crippen LogP contribution in [0.4, 0.5) is 4.79 Å². The molecule has 7 heteroatoms. The van der Waals surface area contributed by atoms with Crippen LogP contribution in [0.2, 0.25) is 0 Å². The number of nitrogens with zero attached hydrogens (tertiary/aromatic N) is 1. The lowest BCUT2D eigenvalue weighted by Crippen LogP contribution is -2.47. The van der Waals surface area contributed by atoms with E-state index in [1.165, 1.54) is 4.90 Å². The summed E-state index contributed by atoms with van der Waals surface area (Å²) in [7, 11) is 0. The standard InChI is InChI=1S/C23H37N3O4/c1-7-9-10-14-24-21(28)20(18-13-11-12-17(3)15-18)26(8-2)19(27)16-25-22(29)30-23(4,5)6/h11-13,15,20H,7-10,14,16H2,1-6H3,(H,24,28)(H,25,29). The number of benzene rings is 1. The van der Waals surface area contributed by atoms with Crippen molar-refractivity contribution >= 4 is 17.9 Å². The number of likely N-dealkylation sites (N-methyl/N-ethyl adjacent to an activating group) is 1. The van der Waals surface area contributed by atoms with Crippen molar-refractivity contribution in [3.05, 3.63) is 35.4 Å². The van der Waals surface area contributed by atoms with E-state index in [0.717, 1.165) is 30.4 Å². The van der Waals surface area contributed by atoms with E-state index in [9.17, 15) is 14.4 Å². The summed E-state index contributed by atoms with van der Waals surface area (Å²) in [4.78, 5) is 39.3. The van der Waals surface area contributed by atoms with Gasteiger partial charge in [0.25, 0.3) is 0 Å². The predicted molar refractivity (Wildman–Crippen MR) is 118 cm³/mol. The summed E-state index contributed by atoms with van der Waals surface area (Å²) < 4.78 is 5.19. The fourth-order valence-electron chi connectivity index (χ4n) is 3.06. The fourth-order valence-corrected chi connectivity index (χ4v) is 3.06. The molecule has 0 bridgehead atoms. The first kappa shape index (κ1) is 25.5. The van der Waals surface area contributed by atoms with Crippen LogP contribution >= 0.6 is 0 Å². The highest BCUT2D eigenvalue weighted by Gasteiger charge is 2.30. The summed E-state index contributed by atoms with van der Waals surface area (Å²) in [5.41, 5.74) is 1.10. The van der Waals surface area contributed by atoms with Gasteiger partial charge < -0.3 is 20.3 Å². The van der Waals surface area contributed by atoms with E-state index in [4.69, 9.17) is 4.74 Å². The molecule has 1 aromatic rings. The van der Waals surface area contributed by atoms with Crippen LogP contribution in [0.3, 0.4) is 0 Å². The molecule has 0 spiro atoms. The molecule has 0 radical (unpaired) electrons. The van der Waals surface area contributed by atoms with Crippen molar-refractivity contribution in [2.24, 2.45) is 0 Å². The van der Waals surface area contributed by atoms with Gasteiger partial charge in [-0.25, -0.2) is 4.79 Å². The van der Waals surface area contributed by atoms with Gasteiger partial charge in [0, 0.05) is 13.1 Å². The molecule has 3 amide bonds. The van der Waals surface area contributed by atoms with E-state index in [2.05, 4.69) is 17.6 Å². The van der Waals surface area contributed by atoms with Crippen LogP contribution in [-0.2, 0) is 14.3 Å². The van der Waals surface area contributed by atoms with Crippen molar-refractivity contribution in [2.45, 2.75) is 72.4 Å². The zero-order chi connectivity index (χ0) is 22.7. The molecule has 168 valence electrons. The van der Waals surface area contributed by atoms with Gasteiger partial charge in [0.05, 0.1) is 0 Å². The van der Waals surface area contributed by atoms with Gasteiger partial charge in [-0.15, -0.1) is 0 Å². The van der Waals surface area contributed by atoms with Crippen LogP contribution in [0.25, 0.3) is 0 Å². The lowest BCUT2D eigenvalue weighted by Gasteiger charge is -2.31. The largest absolute Gasteiger partial charge is 0.444 e. The van der Waals surface area contributed by atoms with Gasteiger partial charge in [0.15, 0.2) is 0 Å². The number of carbonyl (C=O) groups is 3. The van der Waals surface area contributed by atoms with E-state index in [0.29, 0.717) is 13.1 Å². The molecular formula is C23H37N3O4. The van der Waals surface area contributed by atoms with Crippen molar-refractivity contribution in [1.29, 1.82) is 0 Å². The number of carbonyl (C=O) groups excluding carboxylic acids is 3. The minimum absolute atomic E-state index is 0.218. The Balaban J connectivity index is 2.97. The Bertz CT molecular complexity index is 713. The highest BCUT2D eigenvalue weighted by atomic mass is 16.6. The van der Waals surface area contributed by atoms with Crippen molar-refractivity contribution in [3.8, 4) is 0 Å². The smallest absolute Gasteiger partial charge is 0.408 e. The summed E-state index contributed by atoms with van der Waals surface area (Å²) in [6, 6.07) is 6.82. The Labute approximate surface area is 180 Å². The number of ether oxygens (including phenoxy) is 1. The molecule has 30 heavy (non-hydrogen) atoms. The number of nitrogens with one attached hydrogen (secondary N) is 2. The molecule has 1 unspecified atom stereocenters. The second-order valence-electron chi connectivity index (χ2n) is 8.35. The zero-order valence-corrected chi connectivity index (χ0v) is 19.2. The summed E-state index contributed by atoms with van der Waals surface area (Å²) in [6.45, 7) is 11.8. The third-order valence-electron chi connectivity index (χ3n) is 4.44. The molecular weight excluding hydrogens is 382 g/mol. The first-order chi connectivity index (χ1) is 14.1. The summed E-state index contributed by atoms with van der Waals surface area (Å²) in [5, 5.41) is 5.44. The molecule has 1 atom stereocenters. The van der Waals surface area contributed by atoms with Gasteiger partial charge in [-0.1, -0.05) is 49.6 Å². The maximum Gasteiger partial charge on any atom is 0.408 e. The average Bonchev–Trinajstić information content (AvgIpc) is 2.66. The van der Waals surface area contributed by atoms with Crippen LogP contribution in [0.5, 0.6) is 0 Å². The van der Waals surface area contributed by atoms with Crippen molar-refractivity contribution in [2.75, 3.05) is 19.6 Å². The van der Waals surface area contributed by atoms with E-state index in [-0.39, 0.29) is 18.4 Å².